The maximum Gasteiger partial charge on any atom is 0.472 e. The molecule has 0 aromatic carbocycles. The van der Waals surface area contributed by atoms with Gasteiger partial charge in [0.1, 0.15) is 19.3 Å². The van der Waals surface area contributed by atoms with Crippen LogP contribution in [0.1, 0.15) is 419 Å². The van der Waals surface area contributed by atoms with E-state index in [1.165, 1.54) is 238 Å². The van der Waals surface area contributed by atoms with Crippen LogP contribution < -0.4 is 0 Å². The molecule has 19 heteroatoms. The summed E-state index contributed by atoms with van der Waals surface area (Å²) in [7, 11) is -9.91. The Hall–Kier alpha value is -1.94. The van der Waals surface area contributed by atoms with Crippen LogP contribution in [0.4, 0.5) is 0 Å². The molecule has 0 aliphatic heterocycles. The van der Waals surface area contributed by atoms with Crippen LogP contribution in [-0.4, -0.2) is 96.7 Å². The van der Waals surface area contributed by atoms with E-state index in [1.54, 1.807) is 0 Å². The van der Waals surface area contributed by atoms with Crippen molar-refractivity contribution in [1.29, 1.82) is 0 Å². The third-order valence-electron chi connectivity index (χ3n) is 18.4. The van der Waals surface area contributed by atoms with Gasteiger partial charge in [-0.3, -0.25) is 37.3 Å². The predicted molar refractivity (Wildman–Crippen MR) is 395 cm³/mol. The molecular weight excluding hydrogens is 1270 g/mol. The van der Waals surface area contributed by atoms with Gasteiger partial charge < -0.3 is 33.8 Å². The molecule has 0 saturated carbocycles. The Morgan fingerprint density at radius 2 is 0.412 bits per heavy atom. The average Bonchev–Trinajstić information content (AvgIpc) is 1.06. The fourth-order valence-electron chi connectivity index (χ4n) is 12.1. The minimum atomic E-state index is -4.96. The Balaban J connectivity index is 5.17. The number of aliphatic hydroxyl groups is 1. The highest BCUT2D eigenvalue weighted by Gasteiger charge is 2.30. The summed E-state index contributed by atoms with van der Waals surface area (Å²) in [5.74, 6) is -2.11. The van der Waals surface area contributed by atoms with Crippen molar-refractivity contribution in [3.63, 3.8) is 0 Å². The molecule has 97 heavy (non-hydrogen) atoms. The highest BCUT2D eigenvalue weighted by Crippen LogP contribution is 2.45. The van der Waals surface area contributed by atoms with E-state index in [1.807, 2.05) is 0 Å². The van der Waals surface area contributed by atoms with E-state index in [-0.39, 0.29) is 25.7 Å². The highest BCUT2D eigenvalue weighted by atomic mass is 31.2. The van der Waals surface area contributed by atoms with Crippen LogP contribution in [0.3, 0.4) is 0 Å². The van der Waals surface area contributed by atoms with Crippen LogP contribution in [0.5, 0.6) is 0 Å². The monoisotopic (exact) mass is 1420 g/mol. The van der Waals surface area contributed by atoms with Crippen molar-refractivity contribution in [3.05, 3.63) is 0 Å². The van der Waals surface area contributed by atoms with Crippen molar-refractivity contribution < 1.29 is 80.2 Å². The van der Waals surface area contributed by atoms with Crippen LogP contribution in [0.25, 0.3) is 0 Å². The average molecular weight is 1420 g/mol. The lowest BCUT2D eigenvalue weighted by atomic mass is 10.0. The van der Waals surface area contributed by atoms with Gasteiger partial charge in [0.2, 0.25) is 0 Å². The van der Waals surface area contributed by atoms with Gasteiger partial charge in [-0.25, -0.2) is 9.13 Å². The lowest BCUT2D eigenvalue weighted by molar-refractivity contribution is -0.161. The van der Waals surface area contributed by atoms with Gasteiger partial charge in [0.25, 0.3) is 0 Å². The SMILES string of the molecule is CCCCCCCCCCCCCCCCCCCCCC(=O)O[C@H](COC(=O)CCCCCCCCCCCCCCCCCCCC)COP(=O)(O)OC[C@@H](O)COP(=O)(O)OC[C@@H](COC(=O)CCCCCCCCC)OC(=O)CCCCCCCCCCCCCCC. The number of hydrogen-bond acceptors (Lipinski definition) is 15. The molecule has 576 valence electrons. The lowest BCUT2D eigenvalue weighted by Crippen LogP contribution is -2.30. The number of phosphoric acid groups is 2. The maximum atomic E-state index is 13.1. The first-order valence-corrected chi connectivity index (χ1v) is 43.8. The Kier molecular flexibility index (Phi) is 71.0. The van der Waals surface area contributed by atoms with Crippen molar-refractivity contribution in [1.82, 2.24) is 0 Å². The summed E-state index contributed by atoms with van der Waals surface area (Å²) in [5, 5.41) is 10.6. The minimum absolute atomic E-state index is 0.108. The van der Waals surface area contributed by atoms with E-state index in [0.717, 1.165) is 103 Å². The van der Waals surface area contributed by atoms with Crippen LogP contribution >= 0.6 is 15.6 Å². The molecule has 0 radical (unpaired) electrons. The van der Waals surface area contributed by atoms with Crippen molar-refractivity contribution in [2.75, 3.05) is 39.6 Å². The Morgan fingerprint density at radius 3 is 0.608 bits per heavy atom. The van der Waals surface area contributed by atoms with Gasteiger partial charge in [0.15, 0.2) is 12.2 Å². The number of carbonyl (C=O) groups excluding carboxylic acids is 4. The topological polar surface area (TPSA) is 237 Å². The fourth-order valence-corrected chi connectivity index (χ4v) is 13.7. The third kappa shape index (κ3) is 72.2. The second-order valence-corrected chi connectivity index (χ2v) is 31.0. The van der Waals surface area contributed by atoms with Gasteiger partial charge in [-0.1, -0.05) is 368 Å². The maximum absolute atomic E-state index is 13.1. The van der Waals surface area contributed by atoms with Crippen molar-refractivity contribution in [3.8, 4) is 0 Å². The minimum Gasteiger partial charge on any atom is -0.462 e. The standard InChI is InChI=1S/C78H152O17P2/c1-5-9-13-17-21-24-27-30-32-34-36-38-40-43-46-49-53-57-61-65-78(83)95-74(69-89-76(81)63-59-55-51-47-44-42-39-37-35-33-31-28-25-22-18-14-10-6-2)71-93-97(86,87)91-67-72(79)66-90-96(84,85)92-70-73(68-88-75(80)62-58-54-50-20-16-12-8-4)94-77(82)64-60-56-52-48-45-41-29-26-23-19-15-11-7-3/h72-74,79H,5-71H2,1-4H3,(H,84,85)(H,86,87)/t72-,73+,74+/m0/s1. The molecule has 0 aliphatic carbocycles. The second-order valence-electron chi connectivity index (χ2n) is 28.1. The number of phosphoric ester groups is 2. The van der Waals surface area contributed by atoms with Crippen LogP contribution in [0.2, 0.25) is 0 Å². The first-order valence-electron chi connectivity index (χ1n) is 40.8. The highest BCUT2D eigenvalue weighted by molar-refractivity contribution is 7.47. The first kappa shape index (κ1) is 95.1. The molecule has 0 bridgehead atoms. The van der Waals surface area contributed by atoms with Gasteiger partial charge in [-0.2, -0.15) is 0 Å². The summed E-state index contributed by atoms with van der Waals surface area (Å²) in [6, 6.07) is 0. The third-order valence-corrected chi connectivity index (χ3v) is 20.3. The molecule has 0 aliphatic rings. The predicted octanol–water partition coefficient (Wildman–Crippen LogP) is 23.4. The molecule has 0 aromatic rings. The molecule has 3 N–H and O–H groups in total. The number of hydrogen-bond donors (Lipinski definition) is 3. The number of esters is 4. The van der Waals surface area contributed by atoms with Gasteiger partial charge in [0.05, 0.1) is 26.4 Å². The van der Waals surface area contributed by atoms with E-state index in [0.29, 0.717) is 25.7 Å². The summed E-state index contributed by atoms with van der Waals surface area (Å²) in [5.41, 5.74) is 0. The first-order chi connectivity index (χ1) is 47.2. The summed E-state index contributed by atoms with van der Waals surface area (Å²) >= 11 is 0. The molecule has 0 heterocycles. The zero-order valence-corrected chi connectivity index (χ0v) is 64.8. The Labute approximate surface area is 594 Å². The van der Waals surface area contributed by atoms with E-state index in [4.69, 9.17) is 37.0 Å². The molecule has 0 aromatic heterocycles. The van der Waals surface area contributed by atoms with Gasteiger partial charge in [-0.05, 0) is 25.7 Å². The molecule has 0 saturated heterocycles. The molecule has 0 fully saturated rings. The zero-order chi connectivity index (χ0) is 71.1. The Bertz CT molecular complexity index is 1840. The normalized spacial score (nSPS) is 13.8. The van der Waals surface area contributed by atoms with Crippen LogP contribution in [0, 0.1) is 0 Å². The Morgan fingerprint density at radius 1 is 0.247 bits per heavy atom. The molecular formula is C78H152O17P2. The van der Waals surface area contributed by atoms with Gasteiger partial charge in [0, 0.05) is 25.7 Å². The number of carbonyl (C=O) groups is 4. The van der Waals surface area contributed by atoms with Gasteiger partial charge in [-0.15, -0.1) is 0 Å². The van der Waals surface area contributed by atoms with E-state index < -0.39 is 97.5 Å². The summed E-state index contributed by atoms with van der Waals surface area (Å²) in [6.45, 7) is 4.97. The van der Waals surface area contributed by atoms with Crippen molar-refractivity contribution in [2.24, 2.45) is 0 Å². The number of rotatable bonds is 79. The largest absolute Gasteiger partial charge is 0.472 e. The second kappa shape index (κ2) is 72.4. The molecule has 0 rings (SSSR count). The lowest BCUT2D eigenvalue weighted by Gasteiger charge is -2.21. The van der Waals surface area contributed by atoms with E-state index >= 15 is 0 Å². The molecule has 17 nitrogen and oxygen atoms in total. The molecule has 0 spiro atoms. The van der Waals surface area contributed by atoms with E-state index in [2.05, 4.69) is 27.7 Å². The van der Waals surface area contributed by atoms with Crippen LogP contribution in [0.15, 0.2) is 0 Å². The summed E-state index contributed by atoms with van der Waals surface area (Å²) in [6.07, 6.45) is 64.0. The summed E-state index contributed by atoms with van der Waals surface area (Å²) in [4.78, 5) is 72.7. The molecule has 2 unspecified atom stereocenters. The van der Waals surface area contributed by atoms with Crippen molar-refractivity contribution in [2.45, 2.75) is 438 Å². The quantitative estimate of drug-likeness (QED) is 0.0222. The molecule has 0 amide bonds. The summed E-state index contributed by atoms with van der Waals surface area (Å²) < 4.78 is 68.5. The van der Waals surface area contributed by atoms with E-state index in [9.17, 15) is 43.2 Å². The number of unbranched alkanes of at least 4 members (excludes halogenated alkanes) is 53. The molecule has 5 atom stereocenters. The van der Waals surface area contributed by atoms with Crippen molar-refractivity contribution >= 4 is 39.5 Å². The smallest absolute Gasteiger partial charge is 0.462 e. The van der Waals surface area contributed by atoms with Gasteiger partial charge >= 0.3 is 39.5 Å². The van der Waals surface area contributed by atoms with Crippen LogP contribution in [-0.2, 0) is 65.4 Å². The number of aliphatic hydroxyl groups excluding tert-OH is 1. The zero-order valence-electron chi connectivity index (χ0n) is 63.1. The number of ether oxygens (including phenoxy) is 4. The fraction of sp³-hybridized carbons (Fsp3) is 0.949.